The van der Waals surface area contributed by atoms with Crippen molar-refractivity contribution in [3.05, 3.63) is 46.4 Å². The summed E-state index contributed by atoms with van der Waals surface area (Å²) in [5, 5.41) is 14.0. The molecule has 0 spiro atoms. The molecule has 2 N–H and O–H groups in total. The zero-order valence-electron chi connectivity index (χ0n) is 18.0. The van der Waals surface area contributed by atoms with Crippen molar-refractivity contribution >= 4 is 11.6 Å². The van der Waals surface area contributed by atoms with Gasteiger partial charge in [-0.1, -0.05) is 43.6 Å². The largest absolute Gasteiger partial charge is 0.504 e. The van der Waals surface area contributed by atoms with Crippen LogP contribution in [-0.2, 0) is 9.59 Å². The lowest BCUT2D eigenvalue weighted by atomic mass is 9.70. The van der Waals surface area contributed by atoms with Crippen molar-refractivity contribution in [2.45, 2.75) is 79.2 Å². The van der Waals surface area contributed by atoms with Crippen LogP contribution in [0.5, 0.6) is 0 Å². The Morgan fingerprint density at radius 1 is 1.29 bits per heavy atom. The molecule has 0 aromatic heterocycles. The summed E-state index contributed by atoms with van der Waals surface area (Å²) < 4.78 is 0. The summed E-state index contributed by atoms with van der Waals surface area (Å²) in [5.74, 6) is -1.25. The molecule has 4 nitrogen and oxygen atoms in total. The van der Waals surface area contributed by atoms with Gasteiger partial charge in [0.15, 0.2) is 5.76 Å². The highest BCUT2D eigenvalue weighted by atomic mass is 16.3. The standard InChI is InChI=1S/C24H35NO3/c1-7-8-9-10-18-21(25-15(4)5)23(27)20(24(28)22(18)26)19-13-16(6)11-12-17(19)14(2)3/h13,15,17,19,25,28H,2,7-12H2,1,3-6H3/t17?,19-/m1/s1. The summed E-state index contributed by atoms with van der Waals surface area (Å²) in [7, 11) is 0. The number of aliphatic hydroxyl groups is 1. The maximum Gasteiger partial charge on any atom is 0.225 e. The quantitative estimate of drug-likeness (QED) is 0.337. The van der Waals surface area contributed by atoms with Gasteiger partial charge in [0.1, 0.15) is 0 Å². The fraction of sp³-hybridized carbons (Fsp3) is 0.583. The van der Waals surface area contributed by atoms with Crippen molar-refractivity contribution in [1.29, 1.82) is 0 Å². The van der Waals surface area contributed by atoms with Gasteiger partial charge < -0.3 is 10.4 Å². The van der Waals surface area contributed by atoms with Crippen LogP contribution in [0.1, 0.15) is 73.1 Å². The molecule has 0 radical (unpaired) electrons. The SMILES string of the molecule is C=C(C)C1CCC(C)=C[C@H]1C1=C(O)C(=O)C(CCCCC)=C(NC(C)C)C1=O. The van der Waals surface area contributed by atoms with E-state index in [4.69, 9.17) is 0 Å². The third kappa shape index (κ3) is 4.65. The summed E-state index contributed by atoms with van der Waals surface area (Å²) in [4.78, 5) is 26.6. The first-order valence-corrected chi connectivity index (χ1v) is 10.5. The van der Waals surface area contributed by atoms with E-state index in [2.05, 4.69) is 18.8 Å². The van der Waals surface area contributed by atoms with Gasteiger partial charge in [-0.3, -0.25) is 9.59 Å². The zero-order valence-corrected chi connectivity index (χ0v) is 18.0. The molecule has 0 amide bonds. The Kier molecular flexibility index (Phi) is 7.45. The minimum Gasteiger partial charge on any atom is -0.504 e. The molecule has 0 fully saturated rings. The number of hydrogen-bond donors (Lipinski definition) is 2. The molecule has 154 valence electrons. The average Bonchev–Trinajstić information content (AvgIpc) is 2.62. The fourth-order valence-electron chi connectivity index (χ4n) is 4.21. The predicted molar refractivity (Wildman–Crippen MR) is 114 cm³/mol. The van der Waals surface area contributed by atoms with E-state index in [0.29, 0.717) is 17.7 Å². The van der Waals surface area contributed by atoms with Crippen LogP contribution in [0.25, 0.3) is 0 Å². The predicted octanol–water partition coefficient (Wildman–Crippen LogP) is 5.33. The fourth-order valence-corrected chi connectivity index (χ4v) is 4.21. The van der Waals surface area contributed by atoms with Gasteiger partial charge in [-0.15, -0.1) is 0 Å². The molecular weight excluding hydrogens is 350 g/mol. The Morgan fingerprint density at radius 2 is 1.96 bits per heavy atom. The van der Waals surface area contributed by atoms with Crippen molar-refractivity contribution in [2.75, 3.05) is 0 Å². The van der Waals surface area contributed by atoms with Crippen molar-refractivity contribution in [1.82, 2.24) is 5.32 Å². The number of ketones is 2. The van der Waals surface area contributed by atoms with Crippen LogP contribution in [0.4, 0.5) is 0 Å². The second kappa shape index (κ2) is 9.40. The molecule has 2 aliphatic carbocycles. The molecule has 2 rings (SSSR count). The van der Waals surface area contributed by atoms with E-state index in [-0.39, 0.29) is 35.0 Å². The topological polar surface area (TPSA) is 66.4 Å². The van der Waals surface area contributed by atoms with E-state index in [0.717, 1.165) is 37.7 Å². The molecule has 0 bridgehead atoms. The lowest BCUT2D eigenvalue weighted by Crippen LogP contribution is -2.38. The third-order valence-corrected chi connectivity index (χ3v) is 5.69. The van der Waals surface area contributed by atoms with Crippen LogP contribution in [0.15, 0.2) is 46.4 Å². The monoisotopic (exact) mass is 385 g/mol. The smallest absolute Gasteiger partial charge is 0.225 e. The molecule has 2 aliphatic rings. The van der Waals surface area contributed by atoms with Crippen molar-refractivity contribution in [3.8, 4) is 0 Å². The minimum absolute atomic E-state index is 0.0231. The first kappa shape index (κ1) is 22.2. The number of hydrogen-bond acceptors (Lipinski definition) is 4. The van der Waals surface area contributed by atoms with Crippen LogP contribution in [-0.4, -0.2) is 22.7 Å². The lowest BCUT2D eigenvalue weighted by molar-refractivity contribution is -0.119. The van der Waals surface area contributed by atoms with Gasteiger partial charge in [-0.2, -0.15) is 0 Å². The molecule has 0 aromatic rings. The highest BCUT2D eigenvalue weighted by molar-refractivity contribution is 6.24. The minimum atomic E-state index is -0.397. The van der Waals surface area contributed by atoms with Gasteiger partial charge >= 0.3 is 0 Å². The van der Waals surface area contributed by atoms with Gasteiger partial charge in [-0.05, 0) is 59.3 Å². The van der Waals surface area contributed by atoms with Gasteiger partial charge in [0.2, 0.25) is 11.6 Å². The first-order valence-electron chi connectivity index (χ1n) is 10.5. The van der Waals surface area contributed by atoms with Gasteiger partial charge in [0, 0.05) is 17.5 Å². The molecular formula is C24H35NO3. The second-order valence-electron chi connectivity index (χ2n) is 8.56. The number of allylic oxidation sites excluding steroid dienone is 5. The summed E-state index contributed by atoms with van der Waals surface area (Å²) in [6, 6.07) is 0.0231. The molecule has 2 atom stereocenters. The number of carbonyl (C=O) groups excluding carboxylic acids is 2. The number of carbonyl (C=O) groups is 2. The van der Waals surface area contributed by atoms with Crippen LogP contribution in [0.2, 0.25) is 0 Å². The zero-order chi connectivity index (χ0) is 21.0. The Morgan fingerprint density at radius 3 is 2.54 bits per heavy atom. The van der Waals surface area contributed by atoms with Crippen LogP contribution < -0.4 is 5.32 Å². The van der Waals surface area contributed by atoms with Crippen LogP contribution in [0, 0.1) is 11.8 Å². The Bertz CT molecular complexity index is 752. The van der Waals surface area contributed by atoms with Crippen molar-refractivity contribution in [2.24, 2.45) is 11.8 Å². The average molecular weight is 386 g/mol. The van der Waals surface area contributed by atoms with Gasteiger partial charge in [-0.25, -0.2) is 0 Å². The highest BCUT2D eigenvalue weighted by Crippen LogP contribution is 2.41. The molecule has 4 heteroatoms. The van der Waals surface area contributed by atoms with E-state index in [1.54, 1.807) is 0 Å². The molecule has 28 heavy (non-hydrogen) atoms. The van der Waals surface area contributed by atoms with Crippen molar-refractivity contribution in [3.63, 3.8) is 0 Å². The number of unbranched alkanes of at least 4 members (excludes halogenated alkanes) is 2. The van der Waals surface area contributed by atoms with E-state index in [9.17, 15) is 14.7 Å². The van der Waals surface area contributed by atoms with E-state index in [1.165, 1.54) is 5.57 Å². The Labute approximate surface area is 169 Å². The first-order chi connectivity index (χ1) is 13.2. The van der Waals surface area contributed by atoms with Crippen LogP contribution in [0.3, 0.4) is 0 Å². The molecule has 0 heterocycles. The summed E-state index contributed by atoms with van der Waals surface area (Å²) in [5.41, 5.74) is 3.20. The van der Waals surface area contributed by atoms with E-state index in [1.807, 2.05) is 33.8 Å². The van der Waals surface area contributed by atoms with E-state index >= 15 is 0 Å². The maximum absolute atomic E-state index is 13.5. The molecule has 0 saturated heterocycles. The maximum atomic E-state index is 13.5. The summed E-state index contributed by atoms with van der Waals surface area (Å²) in [6.07, 6.45) is 7.21. The molecule has 0 aromatic carbocycles. The normalized spacial score (nSPS) is 23.4. The molecule has 0 saturated carbocycles. The highest BCUT2D eigenvalue weighted by Gasteiger charge is 2.41. The number of Topliss-reactive ketones (excluding diaryl/α,β-unsaturated/α-hetero) is 2. The molecule has 0 aliphatic heterocycles. The van der Waals surface area contributed by atoms with Gasteiger partial charge in [0.05, 0.1) is 11.3 Å². The number of rotatable bonds is 8. The van der Waals surface area contributed by atoms with Crippen LogP contribution >= 0.6 is 0 Å². The lowest BCUT2D eigenvalue weighted by Gasteiger charge is -2.34. The number of aliphatic hydroxyl groups excluding tert-OH is 1. The third-order valence-electron chi connectivity index (χ3n) is 5.69. The summed E-state index contributed by atoms with van der Waals surface area (Å²) in [6.45, 7) is 14.1. The van der Waals surface area contributed by atoms with Crippen molar-refractivity contribution < 1.29 is 14.7 Å². The molecule has 1 unspecified atom stereocenters. The second-order valence-corrected chi connectivity index (χ2v) is 8.56. The Balaban J connectivity index is 2.52. The number of nitrogens with one attached hydrogen (secondary N) is 1. The van der Waals surface area contributed by atoms with E-state index < -0.39 is 5.78 Å². The summed E-state index contributed by atoms with van der Waals surface area (Å²) >= 11 is 0. The van der Waals surface area contributed by atoms with Gasteiger partial charge in [0.25, 0.3) is 0 Å². The Hall–Kier alpha value is -2.10.